The molecule has 1 N–H and O–H groups in total. The molecule has 1 aliphatic carbocycles. The van der Waals surface area contributed by atoms with Gasteiger partial charge >= 0.3 is 0 Å². The third kappa shape index (κ3) is 3.24. The van der Waals surface area contributed by atoms with Crippen LogP contribution >= 0.6 is 0 Å². The zero-order valence-electron chi connectivity index (χ0n) is 14.3. The molecule has 0 radical (unpaired) electrons. The van der Waals surface area contributed by atoms with Gasteiger partial charge in [0.05, 0.1) is 24.3 Å². The molecule has 0 bridgehead atoms. The van der Waals surface area contributed by atoms with E-state index in [2.05, 4.69) is 27.3 Å². The normalized spacial score (nSPS) is 19.1. The molecule has 130 valence electrons. The molecule has 1 amide bonds. The van der Waals surface area contributed by atoms with Crippen molar-refractivity contribution in [2.75, 3.05) is 31.2 Å². The standard InChI is InChI=1S/C20H23N3O2/c24-19(22-20(9-4-10-20)17-5-2-1-3-6-17)16-7-8-18(21-15-16)23-11-13-25-14-12-23/h1-3,5-8,15H,4,9-14H2,(H,22,24). The lowest BCUT2D eigenvalue weighted by Crippen LogP contribution is -2.50. The van der Waals surface area contributed by atoms with Gasteiger partial charge in [0.25, 0.3) is 5.91 Å². The van der Waals surface area contributed by atoms with Crippen LogP contribution in [0.3, 0.4) is 0 Å². The van der Waals surface area contributed by atoms with E-state index >= 15 is 0 Å². The minimum Gasteiger partial charge on any atom is -0.378 e. The van der Waals surface area contributed by atoms with Gasteiger partial charge in [-0.15, -0.1) is 0 Å². The molecule has 2 heterocycles. The number of nitrogens with zero attached hydrogens (tertiary/aromatic N) is 2. The number of nitrogens with one attached hydrogen (secondary N) is 1. The van der Waals surface area contributed by atoms with E-state index in [0.29, 0.717) is 5.56 Å². The number of carbonyl (C=O) groups is 1. The Hall–Kier alpha value is -2.40. The molecule has 1 saturated heterocycles. The summed E-state index contributed by atoms with van der Waals surface area (Å²) in [5.41, 5.74) is 1.58. The van der Waals surface area contributed by atoms with E-state index in [4.69, 9.17) is 4.74 Å². The first-order valence-corrected chi connectivity index (χ1v) is 8.94. The van der Waals surface area contributed by atoms with Crippen molar-refractivity contribution in [3.8, 4) is 0 Å². The van der Waals surface area contributed by atoms with Crippen molar-refractivity contribution in [3.63, 3.8) is 0 Å². The summed E-state index contributed by atoms with van der Waals surface area (Å²) in [5, 5.41) is 3.25. The van der Waals surface area contributed by atoms with Gasteiger partial charge in [0.15, 0.2) is 0 Å². The van der Waals surface area contributed by atoms with Crippen LogP contribution in [0.15, 0.2) is 48.7 Å². The number of rotatable bonds is 4. The largest absolute Gasteiger partial charge is 0.378 e. The monoisotopic (exact) mass is 337 g/mol. The number of hydrogen-bond donors (Lipinski definition) is 1. The first kappa shape index (κ1) is 16.1. The summed E-state index contributed by atoms with van der Waals surface area (Å²) in [6, 6.07) is 14.0. The Balaban J connectivity index is 1.47. The number of pyridine rings is 1. The summed E-state index contributed by atoms with van der Waals surface area (Å²) in [6.07, 6.45) is 4.80. The van der Waals surface area contributed by atoms with Gasteiger partial charge in [-0.3, -0.25) is 4.79 Å². The topological polar surface area (TPSA) is 54.5 Å². The zero-order valence-corrected chi connectivity index (χ0v) is 14.3. The molecule has 5 nitrogen and oxygen atoms in total. The van der Waals surface area contributed by atoms with Gasteiger partial charge in [0.1, 0.15) is 5.82 Å². The number of anilines is 1. The zero-order chi connectivity index (χ0) is 17.1. The first-order chi connectivity index (χ1) is 12.3. The number of hydrogen-bond acceptors (Lipinski definition) is 4. The molecule has 5 heteroatoms. The summed E-state index contributed by atoms with van der Waals surface area (Å²) in [6.45, 7) is 3.14. The van der Waals surface area contributed by atoms with Crippen LogP contribution in [0.5, 0.6) is 0 Å². The number of amides is 1. The highest BCUT2D eigenvalue weighted by Crippen LogP contribution is 2.41. The third-order valence-corrected chi connectivity index (χ3v) is 5.23. The number of benzene rings is 1. The maximum Gasteiger partial charge on any atom is 0.253 e. The van der Waals surface area contributed by atoms with Gasteiger partial charge in [-0.25, -0.2) is 4.98 Å². The van der Waals surface area contributed by atoms with Crippen molar-refractivity contribution in [1.29, 1.82) is 0 Å². The van der Waals surface area contributed by atoms with Crippen LogP contribution < -0.4 is 10.2 Å². The summed E-state index contributed by atoms with van der Waals surface area (Å²) in [4.78, 5) is 19.4. The molecule has 0 spiro atoms. The quantitative estimate of drug-likeness (QED) is 0.932. The molecule has 0 atom stereocenters. The predicted octanol–water partition coefficient (Wildman–Crippen LogP) is 2.73. The van der Waals surface area contributed by atoms with E-state index in [0.717, 1.165) is 51.4 Å². The molecule has 1 saturated carbocycles. The van der Waals surface area contributed by atoms with Gasteiger partial charge in [-0.1, -0.05) is 30.3 Å². The molecule has 2 fully saturated rings. The van der Waals surface area contributed by atoms with Crippen molar-refractivity contribution < 1.29 is 9.53 Å². The average molecular weight is 337 g/mol. The highest BCUT2D eigenvalue weighted by molar-refractivity contribution is 5.94. The highest BCUT2D eigenvalue weighted by Gasteiger charge is 2.40. The van der Waals surface area contributed by atoms with E-state index in [-0.39, 0.29) is 11.4 Å². The van der Waals surface area contributed by atoms with Crippen LogP contribution in [0.1, 0.15) is 35.2 Å². The van der Waals surface area contributed by atoms with Crippen LogP contribution in [0.25, 0.3) is 0 Å². The first-order valence-electron chi connectivity index (χ1n) is 8.94. The van der Waals surface area contributed by atoms with Gasteiger partial charge in [-0.2, -0.15) is 0 Å². The minimum absolute atomic E-state index is 0.0513. The smallest absolute Gasteiger partial charge is 0.253 e. The SMILES string of the molecule is O=C(NC1(c2ccccc2)CCC1)c1ccc(N2CCOCC2)nc1. The van der Waals surface area contributed by atoms with Gasteiger partial charge in [0.2, 0.25) is 0 Å². The van der Waals surface area contributed by atoms with E-state index in [1.807, 2.05) is 30.3 Å². The summed E-state index contributed by atoms with van der Waals surface area (Å²) in [5.74, 6) is 0.853. The molecule has 4 rings (SSSR count). The summed E-state index contributed by atoms with van der Waals surface area (Å²) >= 11 is 0. The number of ether oxygens (including phenoxy) is 1. The molecular formula is C20H23N3O2. The molecular weight excluding hydrogens is 314 g/mol. The Labute approximate surface area is 148 Å². The van der Waals surface area contributed by atoms with Crippen LogP contribution in [-0.4, -0.2) is 37.2 Å². The Morgan fingerprint density at radius 1 is 1.08 bits per heavy atom. The van der Waals surface area contributed by atoms with Crippen molar-refractivity contribution in [2.24, 2.45) is 0 Å². The van der Waals surface area contributed by atoms with E-state index in [1.54, 1.807) is 6.20 Å². The fourth-order valence-electron chi connectivity index (χ4n) is 3.56. The lowest BCUT2D eigenvalue weighted by atomic mass is 9.71. The second kappa shape index (κ2) is 6.84. The molecule has 25 heavy (non-hydrogen) atoms. The molecule has 0 unspecified atom stereocenters. The Kier molecular flexibility index (Phi) is 4.40. The van der Waals surface area contributed by atoms with Crippen molar-refractivity contribution in [1.82, 2.24) is 10.3 Å². The summed E-state index contributed by atoms with van der Waals surface area (Å²) < 4.78 is 5.37. The van der Waals surface area contributed by atoms with E-state index in [1.165, 1.54) is 5.56 Å². The van der Waals surface area contributed by atoms with Gasteiger partial charge in [-0.05, 0) is 37.0 Å². The van der Waals surface area contributed by atoms with Crippen molar-refractivity contribution >= 4 is 11.7 Å². The fourth-order valence-corrected chi connectivity index (χ4v) is 3.56. The maximum atomic E-state index is 12.7. The van der Waals surface area contributed by atoms with Crippen molar-refractivity contribution in [2.45, 2.75) is 24.8 Å². The Bertz CT molecular complexity index is 720. The van der Waals surface area contributed by atoms with Crippen LogP contribution in [0, 0.1) is 0 Å². The number of morpholine rings is 1. The van der Waals surface area contributed by atoms with Gasteiger partial charge < -0.3 is 15.0 Å². The average Bonchev–Trinajstić information content (AvgIpc) is 2.66. The van der Waals surface area contributed by atoms with Crippen molar-refractivity contribution in [3.05, 3.63) is 59.8 Å². The number of aromatic nitrogens is 1. The molecule has 1 aromatic heterocycles. The third-order valence-electron chi connectivity index (χ3n) is 5.23. The fraction of sp³-hybridized carbons (Fsp3) is 0.400. The second-order valence-electron chi connectivity index (χ2n) is 6.76. The molecule has 1 aliphatic heterocycles. The molecule has 2 aromatic rings. The van der Waals surface area contributed by atoms with E-state index < -0.39 is 0 Å². The highest BCUT2D eigenvalue weighted by atomic mass is 16.5. The second-order valence-corrected chi connectivity index (χ2v) is 6.76. The molecule has 1 aromatic carbocycles. The van der Waals surface area contributed by atoms with Crippen LogP contribution in [-0.2, 0) is 10.3 Å². The van der Waals surface area contributed by atoms with E-state index in [9.17, 15) is 4.79 Å². The van der Waals surface area contributed by atoms with Crippen LogP contribution in [0.2, 0.25) is 0 Å². The minimum atomic E-state index is -0.221. The Morgan fingerprint density at radius 2 is 1.84 bits per heavy atom. The lowest BCUT2D eigenvalue weighted by Gasteiger charge is -2.43. The van der Waals surface area contributed by atoms with Crippen LogP contribution in [0.4, 0.5) is 5.82 Å². The lowest BCUT2D eigenvalue weighted by molar-refractivity contribution is 0.0823. The molecule has 2 aliphatic rings. The predicted molar refractivity (Wildman–Crippen MR) is 96.7 cm³/mol. The maximum absolute atomic E-state index is 12.7. The summed E-state index contributed by atoms with van der Waals surface area (Å²) in [7, 11) is 0. The number of carbonyl (C=O) groups excluding carboxylic acids is 1. The van der Waals surface area contributed by atoms with Gasteiger partial charge in [0, 0.05) is 19.3 Å². The Morgan fingerprint density at radius 3 is 2.44 bits per heavy atom.